The minimum atomic E-state index is -3.53. The van der Waals surface area contributed by atoms with E-state index < -0.39 is 10.0 Å². The fourth-order valence-corrected chi connectivity index (χ4v) is 5.49. The van der Waals surface area contributed by atoms with Crippen LogP contribution in [0.3, 0.4) is 0 Å². The summed E-state index contributed by atoms with van der Waals surface area (Å²) in [4.78, 5) is 12.8. The van der Waals surface area contributed by atoms with E-state index in [2.05, 4.69) is 17.6 Å². The fourth-order valence-electron chi connectivity index (χ4n) is 4.08. The summed E-state index contributed by atoms with van der Waals surface area (Å²) in [5.41, 5.74) is 0.493. The Bertz CT molecular complexity index is 742. The molecule has 1 saturated heterocycles. The average Bonchev–Trinajstić information content (AvgIpc) is 2.70. The van der Waals surface area contributed by atoms with Crippen LogP contribution < -0.4 is 10.6 Å². The molecule has 2 fully saturated rings. The molecule has 7 heteroatoms. The lowest BCUT2D eigenvalue weighted by molar-refractivity contribution is 0.0919. The van der Waals surface area contributed by atoms with E-state index in [-0.39, 0.29) is 28.9 Å². The Morgan fingerprint density at radius 2 is 1.74 bits per heavy atom. The van der Waals surface area contributed by atoms with Gasteiger partial charge in [0.1, 0.15) is 0 Å². The van der Waals surface area contributed by atoms with Gasteiger partial charge >= 0.3 is 0 Å². The van der Waals surface area contributed by atoms with Gasteiger partial charge in [-0.05, 0) is 63.4 Å². The van der Waals surface area contributed by atoms with E-state index in [0.29, 0.717) is 5.56 Å². The third kappa shape index (κ3) is 4.70. The molecule has 2 atom stereocenters. The lowest BCUT2D eigenvalue weighted by Crippen LogP contribution is -2.51. The molecule has 1 aliphatic heterocycles. The highest BCUT2D eigenvalue weighted by Crippen LogP contribution is 2.26. The van der Waals surface area contributed by atoms with E-state index in [1.54, 1.807) is 31.3 Å². The van der Waals surface area contributed by atoms with Gasteiger partial charge in [0.15, 0.2) is 0 Å². The first-order valence-corrected chi connectivity index (χ1v) is 11.5. The van der Waals surface area contributed by atoms with Gasteiger partial charge in [-0.15, -0.1) is 0 Å². The van der Waals surface area contributed by atoms with Crippen molar-refractivity contribution in [3.63, 3.8) is 0 Å². The Kier molecular flexibility index (Phi) is 6.55. The Morgan fingerprint density at radius 1 is 1.07 bits per heavy atom. The Hall–Kier alpha value is -1.44. The monoisotopic (exact) mass is 393 g/mol. The lowest BCUT2D eigenvalue weighted by atomic mass is 9.96. The van der Waals surface area contributed by atoms with Crippen LogP contribution in [0, 0.1) is 0 Å². The molecule has 1 heterocycles. The van der Waals surface area contributed by atoms with Gasteiger partial charge in [-0.3, -0.25) is 4.79 Å². The third-order valence-corrected chi connectivity index (χ3v) is 7.88. The lowest BCUT2D eigenvalue weighted by Gasteiger charge is -2.31. The first-order valence-electron chi connectivity index (χ1n) is 10.0. The van der Waals surface area contributed by atoms with Crippen molar-refractivity contribution < 1.29 is 13.2 Å². The molecular weight excluding hydrogens is 362 g/mol. The van der Waals surface area contributed by atoms with Crippen LogP contribution in [-0.2, 0) is 10.0 Å². The predicted octanol–water partition coefficient (Wildman–Crippen LogP) is 2.51. The predicted molar refractivity (Wildman–Crippen MR) is 106 cm³/mol. The first kappa shape index (κ1) is 20.3. The van der Waals surface area contributed by atoms with Gasteiger partial charge in [-0.1, -0.05) is 19.3 Å². The number of nitrogens with zero attached hydrogens (tertiary/aromatic N) is 1. The molecule has 0 aromatic heterocycles. The number of benzene rings is 1. The van der Waals surface area contributed by atoms with Gasteiger partial charge in [0.2, 0.25) is 10.0 Å². The molecule has 1 amide bonds. The molecule has 1 aromatic carbocycles. The highest BCUT2D eigenvalue weighted by atomic mass is 32.2. The number of nitrogens with one attached hydrogen (secondary N) is 2. The molecule has 1 aromatic rings. The largest absolute Gasteiger partial charge is 0.348 e. The molecule has 2 aliphatic rings. The zero-order valence-corrected chi connectivity index (χ0v) is 17.1. The van der Waals surface area contributed by atoms with E-state index in [1.165, 1.54) is 10.7 Å². The van der Waals surface area contributed by atoms with Gasteiger partial charge in [-0.25, -0.2) is 8.42 Å². The maximum absolute atomic E-state index is 12.9. The summed E-state index contributed by atoms with van der Waals surface area (Å²) in [5.74, 6) is -0.153. The summed E-state index contributed by atoms with van der Waals surface area (Å²) in [6.07, 6.45) is 7.19. The summed E-state index contributed by atoms with van der Waals surface area (Å²) in [6, 6.07) is 6.74. The molecule has 2 unspecified atom stereocenters. The summed E-state index contributed by atoms with van der Waals surface area (Å²) in [5, 5.41) is 6.42. The number of hydrogen-bond acceptors (Lipinski definition) is 4. The van der Waals surface area contributed by atoms with Crippen molar-refractivity contribution in [2.45, 2.75) is 74.9 Å². The minimum Gasteiger partial charge on any atom is -0.348 e. The normalized spacial score (nSPS) is 24.7. The van der Waals surface area contributed by atoms with Gasteiger partial charge in [0, 0.05) is 30.7 Å². The first-order chi connectivity index (χ1) is 12.9. The molecule has 1 aliphatic carbocycles. The van der Waals surface area contributed by atoms with Crippen molar-refractivity contribution in [1.29, 1.82) is 0 Å². The Morgan fingerprint density at radius 3 is 2.37 bits per heavy atom. The fraction of sp³-hybridized carbons (Fsp3) is 0.650. The number of carbonyl (C=O) groups is 1. The molecule has 1 saturated carbocycles. The summed E-state index contributed by atoms with van der Waals surface area (Å²) < 4.78 is 27.3. The van der Waals surface area contributed by atoms with Crippen LogP contribution in [0.1, 0.15) is 62.2 Å². The summed E-state index contributed by atoms with van der Waals surface area (Å²) in [7, 11) is -1.86. The standard InChI is InChI=1S/C20H31N3O3S/c1-15-19(9-6-14-21-15)22-20(24)16-10-12-18(13-11-16)27(25,26)23(2)17-7-4-3-5-8-17/h10-13,15,17,19,21H,3-9,14H2,1-2H3,(H,22,24). The summed E-state index contributed by atoms with van der Waals surface area (Å²) in [6.45, 7) is 3.05. The van der Waals surface area contributed by atoms with Crippen LogP contribution >= 0.6 is 0 Å². The zero-order chi connectivity index (χ0) is 19.4. The molecule has 0 spiro atoms. The smallest absolute Gasteiger partial charge is 0.251 e. The molecule has 0 radical (unpaired) electrons. The quantitative estimate of drug-likeness (QED) is 0.806. The van der Waals surface area contributed by atoms with Crippen molar-refractivity contribution in [3.05, 3.63) is 29.8 Å². The van der Waals surface area contributed by atoms with Gasteiger partial charge in [0.25, 0.3) is 5.91 Å². The highest BCUT2D eigenvalue weighted by molar-refractivity contribution is 7.89. The second-order valence-electron chi connectivity index (χ2n) is 7.80. The van der Waals surface area contributed by atoms with Crippen LogP contribution in [-0.4, -0.2) is 50.3 Å². The van der Waals surface area contributed by atoms with Crippen LogP contribution in [0.4, 0.5) is 0 Å². The molecule has 2 N–H and O–H groups in total. The highest BCUT2D eigenvalue weighted by Gasteiger charge is 2.29. The second-order valence-corrected chi connectivity index (χ2v) is 9.80. The number of rotatable bonds is 5. The van der Waals surface area contributed by atoms with Gasteiger partial charge < -0.3 is 10.6 Å². The molecule has 27 heavy (non-hydrogen) atoms. The molecule has 0 bridgehead atoms. The van der Waals surface area contributed by atoms with E-state index in [4.69, 9.17) is 0 Å². The minimum absolute atomic E-state index is 0.0759. The SMILES string of the molecule is CC1NCCCC1NC(=O)c1ccc(S(=O)(=O)N(C)C2CCCCC2)cc1. The molecule has 6 nitrogen and oxygen atoms in total. The Balaban J connectivity index is 1.67. The van der Waals surface area contributed by atoms with Gasteiger partial charge in [-0.2, -0.15) is 4.31 Å². The molecule has 3 rings (SSSR count). The zero-order valence-electron chi connectivity index (χ0n) is 16.3. The van der Waals surface area contributed by atoms with Crippen LogP contribution in [0.5, 0.6) is 0 Å². The van der Waals surface area contributed by atoms with E-state index in [9.17, 15) is 13.2 Å². The second kappa shape index (κ2) is 8.71. The van der Waals surface area contributed by atoms with Crippen molar-refractivity contribution >= 4 is 15.9 Å². The molecular formula is C20H31N3O3S. The van der Waals surface area contributed by atoms with Gasteiger partial charge in [0.05, 0.1) is 4.90 Å². The number of hydrogen-bond donors (Lipinski definition) is 2. The maximum atomic E-state index is 12.9. The average molecular weight is 394 g/mol. The van der Waals surface area contributed by atoms with Crippen molar-refractivity contribution in [2.75, 3.05) is 13.6 Å². The van der Waals surface area contributed by atoms with E-state index >= 15 is 0 Å². The number of piperidine rings is 1. The van der Waals surface area contributed by atoms with E-state index in [0.717, 1.165) is 45.1 Å². The number of carbonyl (C=O) groups excluding carboxylic acids is 1. The third-order valence-electron chi connectivity index (χ3n) is 5.96. The van der Waals surface area contributed by atoms with Crippen molar-refractivity contribution in [1.82, 2.24) is 14.9 Å². The van der Waals surface area contributed by atoms with Crippen LogP contribution in [0.25, 0.3) is 0 Å². The Labute approximate surface area is 162 Å². The number of amides is 1. The topological polar surface area (TPSA) is 78.5 Å². The van der Waals surface area contributed by atoms with Crippen molar-refractivity contribution in [2.24, 2.45) is 0 Å². The summed E-state index contributed by atoms with van der Waals surface area (Å²) >= 11 is 0. The maximum Gasteiger partial charge on any atom is 0.251 e. The van der Waals surface area contributed by atoms with Crippen LogP contribution in [0.2, 0.25) is 0 Å². The molecule has 150 valence electrons. The number of sulfonamides is 1. The van der Waals surface area contributed by atoms with Crippen LogP contribution in [0.15, 0.2) is 29.2 Å². The van der Waals surface area contributed by atoms with Crippen molar-refractivity contribution in [3.8, 4) is 0 Å². The van der Waals surface area contributed by atoms with E-state index in [1.807, 2.05) is 0 Å².